The minimum absolute atomic E-state index is 0.0335. The molecule has 0 fully saturated rings. The van der Waals surface area contributed by atoms with E-state index < -0.39 is 47.9 Å². The third-order valence-electron chi connectivity index (χ3n) is 9.48. The zero-order valence-electron chi connectivity index (χ0n) is 38.9. The molecule has 386 valence electrons. The van der Waals surface area contributed by atoms with Crippen molar-refractivity contribution in [2.75, 3.05) is 46.2 Å². The van der Waals surface area contributed by atoms with Crippen molar-refractivity contribution in [3.05, 3.63) is 129 Å². The van der Waals surface area contributed by atoms with Crippen LogP contribution in [0.1, 0.15) is 52.8 Å². The van der Waals surface area contributed by atoms with Crippen LogP contribution in [0.2, 0.25) is 10.0 Å². The molecule has 18 nitrogen and oxygen atoms in total. The fourth-order valence-electron chi connectivity index (χ4n) is 6.18. The van der Waals surface area contributed by atoms with E-state index in [1.165, 1.54) is 96.5 Å². The molecule has 0 saturated carbocycles. The van der Waals surface area contributed by atoms with Gasteiger partial charge in [0.05, 0.1) is 35.5 Å². The van der Waals surface area contributed by atoms with Crippen LogP contribution in [-0.2, 0) is 4.74 Å². The molecular weight excluding hydrogens is 1030 g/mol. The van der Waals surface area contributed by atoms with Gasteiger partial charge in [-0.2, -0.15) is 0 Å². The summed E-state index contributed by atoms with van der Waals surface area (Å²) in [7, 11) is 6.24. The maximum absolute atomic E-state index is 13.4. The average Bonchev–Trinajstić information content (AvgIpc) is 3.32. The van der Waals surface area contributed by atoms with Gasteiger partial charge in [0.2, 0.25) is 0 Å². The Morgan fingerprint density at radius 3 is 1.25 bits per heavy atom. The molecule has 0 spiro atoms. The van der Waals surface area contributed by atoms with Crippen molar-refractivity contribution in [2.45, 2.75) is 26.6 Å². The number of esters is 1. The second-order valence-electron chi connectivity index (χ2n) is 14.4. The number of hydrogen-bond donors (Lipinski definition) is 3. The van der Waals surface area contributed by atoms with Crippen molar-refractivity contribution in [2.24, 2.45) is 5.73 Å². The van der Waals surface area contributed by atoms with Crippen molar-refractivity contribution < 1.29 is 88.2 Å². The molecule has 0 aliphatic heterocycles. The van der Waals surface area contributed by atoms with Crippen LogP contribution in [0.4, 0.5) is 37.7 Å². The van der Waals surface area contributed by atoms with Gasteiger partial charge in [-0.3, -0.25) is 19.4 Å². The SMILES string of the molecule is COC(=O)c1cc(NC(=O)c2c(OC)cc(Cl)cc2Oc2ccc(OC(F)(F)F)cc2OC)c(C)cn1.COc1cc(OC(F)(F)F)ccc1Oc1cc(Cl)cc(OC)c1C(=O)Nc1cc(C(N)=O)ncc1C. The Hall–Kier alpha value is -8.38. The number of pyridine rings is 2. The first-order chi connectivity index (χ1) is 34.4. The molecule has 0 bridgehead atoms. The Morgan fingerprint density at radius 1 is 0.521 bits per heavy atom. The number of carbonyl (C=O) groups is 4. The second kappa shape index (κ2) is 23.7. The fraction of sp³-hybridized carbons (Fsp3) is 0.191. The highest BCUT2D eigenvalue weighted by Gasteiger charge is 2.33. The number of primary amides is 1. The number of nitrogens with one attached hydrogen (secondary N) is 2. The molecule has 73 heavy (non-hydrogen) atoms. The molecule has 2 heterocycles. The van der Waals surface area contributed by atoms with Gasteiger partial charge in [-0.15, -0.1) is 26.3 Å². The van der Waals surface area contributed by atoms with Crippen LogP contribution < -0.4 is 54.3 Å². The Bertz CT molecular complexity index is 3050. The Kier molecular flexibility index (Phi) is 18.0. The lowest BCUT2D eigenvalue weighted by molar-refractivity contribution is -0.275. The van der Waals surface area contributed by atoms with E-state index in [9.17, 15) is 45.5 Å². The summed E-state index contributed by atoms with van der Waals surface area (Å²) in [6, 6.07) is 14.3. The molecule has 0 radical (unpaired) electrons. The molecule has 4 N–H and O–H groups in total. The molecule has 4 aromatic carbocycles. The van der Waals surface area contributed by atoms with Crippen molar-refractivity contribution in [1.82, 2.24) is 9.97 Å². The van der Waals surface area contributed by atoms with E-state index >= 15 is 0 Å². The van der Waals surface area contributed by atoms with Gasteiger partial charge in [-0.1, -0.05) is 23.2 Å². The van der Waals surface area contributed by atoms with Crippen LogP contribution >= 0.6 is 23.2 Å². The summed E-state index contributed by atoms with van der Waals surface area (Å²) < 4.78 is 120. The first-order valence-corrected chi connectivity index (χ1v) is 21.0. The molecule has 0 aliphatic rings. The van der Waals surface area contributed by atoms with E-state index in [2.05, 4.69) is 34.8 Å². The molecule has 0 atom stereocenters. The second-order valence-corrected chi connectivity index (χ2v) is 15.3. The third-order valence-corrected chi connectivity index (χ3v) is 9.92. The van der Waals surface area contributed by atoms with Crippen molar-refractivity contribution in [3.63, 3.8) is 0 Å². The van der Waals surface area contributed by atoms with Gasteiger partial charge in [-0.25, -0.2) is 9.78 Å². The quantitative estimate of drug-likeness (QED) is 0.0605. The van der Waals surface area contributed by atoms with Crippen LogP contribution in [-0.4, -0.2) is 81.9 Å². The molecule has 0 unspecified atom stereocenters. The van der Waals surface area contributed by atoms with E-state index in [0.29, 0.717) is 11.1 Å². The minimum Gasteiger partial charge on any atom is -0.496 e. The molecule has 26 heteroatoms. The van der Waals surface area contributed by atoms with Crippen LogP contribution in [0.15, 0.2) is 85.2 Å². The van der Waals surface area contributed by atoms with Crippen molar-refractivity contribution in [3.8, 4) is 57.5 Å². The van der Waals surface area contributed by atoms with Gasteiger partial charge < -0.3 is 59.0 Å². The first-order valence-electron chi connectivity index (χ1n) is 20.3. The van der Waals surface area contributed by atoms with Gasteiger partial charge in [0.25, 0.3) is 17.7 Å². The number of halogens is 8. The smallest absolute Gasteiger partial charge is 0.496 e. The Balaban J connectivity index is 0.000000271. The molecule has 3 amide bonds. The molecule has 6 aromatic rings. The highest BCUT2D eigenvalue weighted by Crippen LogP contribution is 2.43. The number of rotatable bonds is 16. The van der Waals surface area contributed by atoms with Crippen molar-refractivity contribution >= 4 is 58.3 Å². The number of carbonyl (C=O) groups excluding carboxylic acids is 4. The first kappa shape index (κ1) is 55.5. The summed E-state index contributed by atoms with van der Waals surface area (Å²) >= 11 is 12.3. The summed E-state index contributed by atoms with van der Waals surface area (Å²) in [5.41, 5.74) is 6.55. The predicted octanol–water partition coefficient (Wildman–Crippen LogP) is 10.9. The van der Waals surface area contributed by atoms with Crippen LogP contribution in [0.25, 0.3) is 0 Å². The number of amides is 3. The zero-order valence-corrected chi connectivity index (χ0v) is 40.4. The Morgan fingerprint density at radius 2 is 0.890 bits per heavy atom. The lowest BCUT2D eigenvalue weighted by Crippen LogP contribution is -2.18. The normalized spacial score (nSPS) is 10.9. The standard InChI is InChI=1S/C24H20ClF3N2O7.C23H19ClF3N3O6/c1-12-11-29-16(23(32)35-4)10-15(12)30-22(31)21-19(34-3)7-13(25)8-20(21)36-17-6-5-14(9-18(17)33-2)37-24(26,27)28;1-11-10-29-15(21(28)31)9-14(11)30-22(32)20-18(34-3)6-12(24)7-19(20)35-16-5-4-13(8-17(16)33-2)36-23(25,26)27/h5-11H,1-4H3,(H,29,30,31);4-10H,1-3H3,(H2,28,31)(H,29,30,32). The molecule has 2 aromatic heterocycles. The van der Waals surface area contributed by atoms with Crippen LogP contribution in [0, 0.1) is 13.8 Å². The van der Waals surface area contributed by atoms with E-state index in [4.69, 9.17) is 57.4 Å². The minimum atomic E-state index is -4.90. The highest BCUT2D eigenvalue weighted by molar-refractivity contribution is 6.31. The van der Waals surface area contributed by atoms with Crippen molar-refractivity contribution in [1.29, 1.82) is 0 Å². The third kappa shape index (κ3) is 14.8. The fourth-order valence-corrected chi connectivity index (χ4v) is 6.58. The van der Waals surface area contributed by atoms with Gasteiger partial charge in [0, 0.05) is 58.1 Å². The number of aromatic nitrogens is 2. The van der Waals surface area contributed by atoms with E-state index in [1.54, 1.807) is 13.8 Å². The number of aryl methyl sites for hydroxylation is 2. The van der Waals surface area contributed by atoms with Crippen LogP contribution in [0.3, 0.4) is 0 Å². The molecule has 0 aliphatic carbocycles. The molecule has 6 rings (SSSR count). The van der Waals surface area contributed by atoms with Gasteiger partial charge in [0.1, 0.15) is 57.0 Å². The monoisotopic (exact) mass is 1070 g/mol. The summed E-state index contributed by atoms with van der Waals surface area (Å²) in [5.74, 6) is -4.39. The van der Waals surface area contributed by atoms with E-state index in [0.717, 1.165) is 24.3 Å². The zero-order chi connectivity index (χ0) is 53.9. The molecular formula is C47H39Cl2F6N5O13. The predicted molar refractivity (Wildman–Crippen MR) is 249 cm³/mol. The Labute approximate surface area is 420 Å². The number of alkyl halides is 6. The summed E-state index contributed by atoms with van der Waals surface area (Å²) in [6.45, 7) is 3.31. The van der Waals surface area contributed by atoms with Crippen LogP contribution in [0.5, 0.6) is 57.5 Å². The summed E-state index contributed by atoms with van der Waals surface area (Å²) in [4.78, 5) is 57.9. The average molecular weight is 1070 g/mol. The number of methoxy groups -OCH3 is 5. The lowest BCUT2D eigenvalue weighted by atomic mass is 10.1. The number of benzene rings is 4. The van der Waals surface area contributed by atoms with E-state index in [-0.39, 0.29) is 89.9 Å². The number of anilines is 2. The number of ether oxygens (including phenoxy) is 9. The largest absolute Gasteiger partial charge is 0.573 e. The van der Waals surface area contributed by atoms with Gasteiger partial charge in [-0.05, 0) is 73.5 Å². The summed E-state index contributed by atoms with van der Waals surface area (Å²) in [5, 5.41) is 5.59. The number of hydrogen-bond acceptors (Lipinski definition) is 15. The van der Waals surface area contributed by atoms with E-state index in [1.807, 2.05) is 0 Å². The number of nitrogens with two attached hydrogens (primary N) is 1. The lowest BCUT2D eigenvalue weighted by Gasteiger charge is -2.18. The molecule has 0 saturated heterocycles. The van der Waals surface area contributed by atoms with Gasteiger partial charge >= 0.3 is 18.7 Å². The summed E-state index contributed by atoms with van der Waals surface area (Å²) in [6.07, 6.45) is -7.06. The maximum Gasteiger partial charge on any atom is 0.573 e. The highest BCUT2D eigenvalue weighted by atomic mass is 35.5. The number of nitrogens with zero attached hydrogens (tertiary/aromatic N) is 2. The topological polar surface area (TPSA) is 227 Å². The van der Waals surface area contributed by atoms with Gasteiger partial charge in [0.15, 0.2) is 23.0 Å². The maximum atomic E-state index is 13.4.